The Morgan fingerprint density at radius 2 is 2.00 bits per heavy atom. The Kier molecular flexibility index (Phi) is 6.31. The van der Waals surface area contributed by atoms with Crippen LogP contribution in [0.5, 0.6) is 0 Å². The van der Waals surface area contributed by atoms with Gasteiger partial charge in [-0.3, -0.25) is 0 Å². The number of hydrogen-bond acceptors (Lipinski definition) is 3. The fourth-order valence-electron chi connectivity index (χ4n) is 3.76. The van der Waals surface area contributed by atoms with Crippen molar-refractivity contribution in [3.05, 3.63) is 0 Å². The van der Waals surface area contributed by atoms with E-state index in [1.165, 1.54) is 70.9 Å². The highest BCUT2D eigenvalue weighted by Gasteiger charge is 2.44. The van der Waals surface area contributed by atoms with Crippen LogP contribution < -0.4 is 5.32 Å². The lowest BCUT2D eigenvalue weighted by atomic mass is 9.85. The van der Waals surface area contributed by atoms with Crippen molar-refractivity contribution in [3.63, 3.8) is 0 Å². The normalized spacial score (nSPS) is 30.3. The minimum atomic E-state index is 0.0470. The fraction of sp³-hybridized carbons (Fsp3) is 1.00. The van der Waals surface area contributed by atoms with Gasteiger partial charge in [-0.25, -0.2) is 0 Å². The van der Waals surface area contributed by atoms with Gasteiger partial charge in [-0.2, -0.15) is 0 Å². The summed E-state index contributed by atoms with van der Waals surface area (Å²) in [7, 11) is 2.25. The summed E-state index contributed by atoms with van der Waals surface area (Å²) in [6.45, 7) is 5.00. The van der Waals surface area contributed by atoms with Crippen molar-refractivity contribution in [1.29, 1.82) is 0 Å². The number of aliphatic hydroxyl groups is 1. The first kappa shape index (κ1) is 16.3. The van der Waals surface area contributed by atoms with Crippen molar-refractivity contribution in [2.24, 2.45) is 5.92 Å². The molecule has 0 amide bonds. The van der Waals surface area contributed by atoms with Crippen molar-refractivity contribution in [2.45, 2.75) is 76.3 Å². The third kappa shape index (κ3) is 4.44. The van der Waals surface area contributed by atoms with Crippen LogP contribution in [0.15, 0.2) is 0 Å². The number of aliphatic hydroxyl groups excluding tert-OH is 1. The molecule has 118 valence electrons. The highest BCUT2D eigenvalue weighted by molar-refractivity contribution is 5.03. The predicted octanol–water partition coefficient (Wildman–Crippen LogP) is 2.78. The van der Waals surface area contributed by atoms with Crippen LogP contribution in [0.4, 0.5) is 0 Å². The molecule has 2 N–H and O–H groups in total. The Bertz CT molecular complexity index is 280. The number of nitrogens with one attached hydrogen (secondary N) is 1. The Balaban J connectivity index is 1.75. The largest absolute Gasteiger partial charge is 0.394 e. The first-order chi connectivity index (χ1) is 9.70. The molecule has 20 heavy (non-hydrogen) atoms. The molecule has 3 nitrogen and oxygen atoms in total. The van der Waals surface area contributed by atoms with Crippen molar-refractivity contribution in [3.8, 4) is 0 Å². The summed E-state index contributed by atoms with van der Waals surface area (Å²) >= 11 is 0. The summed E-state index contributed by atoms with van der Waals surface area (Å²) in [5, 5.41) is 13.7. The molecule has 0 radical (unpaired) electrons. The van der Waals surface area contributed by atoms with Crippen LogP contribution in [0.2, 0.25) is 0 Å². The van der Waals surface area contributed by atoms with E-state index < -0.39 is 0 Å². The van der Waals surface area contributed by atoms with Gasteiger partial charge in [-0.1, -0.05) is 26.2 Å². The molecule has 0 aromatic heterocycles. The van der Waals surface area contributed by atoms with Gasteiger partial charge in [-0.05, 0) is 64.6 Å². The topological polar surface area (TPSA) is 35.5 Å². The van der Waals surface area contributed by atoms with E-state index in [1.54, 1.807) is 0 Å². The maximum atomic E-state index is 9.93. The van der Waals surface area contributed by atoms with Crippen LogP contribution in [0, 0.1) is 5.92 Å². The quantitative estimate of drug-likeness (QED) is 0.605. The third-order valence-electron chi connectivity index (χ3n) is 5.31. The van der Waals surface area contributed by atoms with Gasteiger partial charge in [0.25, 0.3) is 0 Å². The van der Waals surface area contributed by atoms with Crippen LogP contribution in [-0.2, 0) is 0 Å². The highest BCUT2D eigenvalue weighted by atomic mass is 16.3. The van der Waals surface area contributed by atoms with Gasteiger partial charge in [0, 0.05) is 11.6 Å². The molecule has 0 aromatic carbocycles. The average Bonchev–Trinajstić information content (AvgIpc) is 3.16. The van der Waals surface area contributed by atoms with Crippen LogP contribution >= 0.6 is 0 Å². The van der Waals surface area contributed by atoms with E-state index in [1.807, 2.05) is 0 Å². The average molecular weight is 282 g/mol. The summed E-state index contributed by atoms with van der Waals surface area (Å²) in [4.78, 5) is 2.48. The van der Waals surface area contributed by atoms with E-state index in [-0.39, 0.29) is 5.54 Å². The molecule has 2 aliphatic rings. The van der Waals surface area contributed by atoms with Crippen LogP contribution in [0.25, 0.3) is 0 Å². The monoisotopic (exact) mass is 282 g/mol. The molecule has 0 saturated heterocycles. The van der Waals surface area contributed by atoms with Gasteiger partial charge in [0.05, 0.1) is 6.61 Å². The maximum Gasteiger partial charge on any atom is 0.0616 e. The summed E-state index contributed by atoms with van der Waals surface area (Å²) in [5.74, 6) is 0.668. The first-order valence-corrected chi connectivity index (χ1v) is 8.77. The van der Waals surface area contributed by atoms with E-state index in [0.717, 1.165) is 0 Å². The zero-order valence-corrected chi connectivity index (χ0v) is 13.5. The maximum absolute atomic E-state index is 9.93. The van der Waals surface area contributed by atoms with Gasteiger partial charge in [-0.15, -0.1) is 0 Å². The van der Waals surface area contributed by atoms with E-state index in [0.29, 0.717) is 18.6 Å². The number of rotatable bonds is 10. The van der Waals surface area contributed by atoms with Gasteiger partial charge in [0.15, 0.2) is 0 Å². The molecule has 0 bridgehead atoms. The Labute approximate surface area is 125 Å². The molecule has 0 heterocycles. The minimum absolute atomic E-state index is 0.0470. The summed E-state index contributed by atoms with van der Waals surface area (Å²) in [5.41, 5.74) is 0.0470. The van der Waals surface area contributed by atoms with Crippen molar-refractivity contribution in [1.82, 2.24) is 10.2 Å². The van der Waals surface area contributed by atoms with Crippen molar-refractivity contribution in [2.75, 3.05) is 26.7 Å². The Morgan fingerprint density at radius 3 is 2.65 bits per heavy atom. The first-order valence-electron chi connectivity index (χ1n) is 8.77. The molecule has 2 atom stereocenters. The third-order valence-corrected chi connectivity index (χ3v) is 5.31. The zero-order chi connectivity index (χ0) is 14.4. The number of unbranched alkanes of at least 4 members (excludes halogenated alkanes) is 2. The molecule has 2 saturated carbocycles. The fourth-order valence-corrected chi connectivity index (χ4v) is 3.76. The smallest absolute Gasteiger partial charge is 0.0616 e. The molecule has 2 aliphatic carbocycles. The molecular weight excluding hydrogens is 248 g/mol. The molecule has 2 fully saturated rings. The molecule has 2 rings (SSSR count). The van der Waals surface area contributed by atoms with E-state index >= 15 is 0 Å². The lowest BCUT2D eigenvalue weighted by molar-refractivity contribution is 0.111. The minimum Gasteiger partial charge on any atom is -0.394 e. The van der Waals surface area contributed by atoms with E-state index in [4.69, 9.17) is 0 Å². The second kappa shape index (κ2) is 7.77. The van der Waals surface area contributed by atoms with Gasteiger partial charge in [0.2, 0.25) is 0 Å². The van der Waals surface area contributed by atoms with Crippen LogP contribution in [0.3, 0.4) is 0 Å². The summed E-state index contributed by atoms with van der Waals surface area (Å²) in [6.07, 6.45) is 11.6. The van der Waals surface area contributed by atoms with Crippen molar-refractivity contribution >= 4 is 0 Å². The van der Waals surface area contributed by atoms with Gasteiger partial charge >= 0.3 is 0 Å². The highest BCUT2D eigenvalue weighted by Crippen LogP contribution is 2.40. The van der Waals surface area contributed by atoms with Gasteiger partial charge in [0.1, 0.15) is 0 Å². The van der Waals surface area contributed by atoms with Gasteiger partial charge < -0.3 is 15.3 Å². The second-order valence-corrected chi connectivity index (χ2v) is 7.12. The number of hydrogen-bond donors (Lipinski definition) is 2. The molecule has 2 unspecified atom stereocenters. The zero-order valence-electron chi connectivity index (χ0n) is 13.5. The summed E-state index contributed by atoms with van der Waals surface area (Å²) in [6, 6.07) is 0.699. The Morgan fingerprint density at radius 1 is 1.20 bits per heavy atom. The van der Waals surface area contributed by atoms with Crippen molar-refractivity contribution < 1.29 is 5.11 Å². The van der Waals surface area contributed by atoms with E-state index in [2.05, 4.69) is 24.2 Å². The lowest BCUT2D eigenvalue weighted by Gasteiger charge is -2.36. The Hall–Kier alpha value is -0.120. The molecule has 0 aromatic rings. The lowest BCUT2D eigenvalue weighted by Crippen LogP contribution is -2.53. The van der Waals surface area contributed by atoms with E-state index in [9.17, 15) is 5.11 Å². The molecule has 0 aliphatic heterocycles. The standard InChI is InChI=1S/C17H34N2O/c1-3-4-5-12-19(2)13-10-15-7-6-11-17(15,14-20)18-16-8-9-16/h15-16,18,20H,3-14H2,1-2H3. The molecule has 0 spiro atoms. The SMILES string of the molecule is CCCCCN(C)CCC1CCCC1(CO)NC1CC1. The second-order valence-electron chi connectivity index (χ2n) is 7.12. The number of nitrogens with zero attached hydrogens (tertiary/aromatic N) is 1. The van der Waals surface area contributed by atoms with Crippen LogP contribution in [0.1, 0.15) is 64.7 Å². The predicted molar refractivity (Wildman–Crippen MR) is 85.0 cm³/mol. The summed E-state index contributed by atoms with van der Waals surface area (Å²) < 4.78 is 0. The van der Waals surface area contributed by atoms with Crippen LogP contribution in [-0.4, -0.2) is 48.3 Å². The molecular formula is C17H34N2O. The molecule has 3 heteroatoms.